The number of aliphatic hydroxyl groups excluding tert-OH is 1. The van der Waals surface area contributed by atoms with Crippen LogP contribution in [0.2, 0.25) is 0 Å². The molecule has 1 fully saturated rings. The highest BCUT2D eigenvalue weighted by atomic mass is 16.5. The largest absolute Gasteiger partial charge is 0.390 e. The molecule has 0 aromatic heterocycles. The zero-order chi connectivity index (χ0) is 12.6. The number of rotatable bonds is 6. The maximum atomic E-state index is 9.74. The van der Waals surface area contributed by atoms with Crippen LogP contribution in [0.4, 0.5) is 0 Å². The Labute approximate surface area is 109 Å². The molecule has 3 nitrogen and oxygen atoms in total. The molecule has 0 aliphatic carbocycles. The van der Waals surface area contributed by atoms with Crippen LogP contribution in [-0.2, 0) is 16.1 Å². The van der Waals surface area contributed by atoms with Crippen LogP contribution in [-0.4, -0.2) is 30.5 Å². The topological polar surface area (TPSA) is 38.7 Å². The number of ether oxygens (including phenoxy) is 2. The van der Waals surface area contributed by atoms with E-state index in [1.165, 1.54) is 5.56 Å². The maximum absolute atomic E-state index is 9.74. The van der Waals surface area contributed by atoms with Crippen LogP contribution >= 0.6 is 0 Å². The Morgan fingerprint density at radius 2 is 2.11 bits per heavy atom. The Morgan fingerprint density at radius 3 is 2.89 bits per heavy atom. The van der Waals surface area contributed by atoms with Crippen LogP contribution in [0, 0.1) is 0 Å². The third kappa shape index (κ3) is 4.41. The summed E-state index contributed by atoms with van der Waals surface area (Å²) in [6.45, 7) is 2.17. The average Bonchev–Trinajstić information content (AvgIpc) is 2.42. The monoisotopic (exact) mass is 250 g/mol. The first-order chi connectivity index (χ1) is 8.86. The number of aliphatic hydroxyl groups is 1. The van der Waals surface area contributed by atoms with Gasteiger partial charge < -0.3 is 14.6 Å². The Bertz CT molecular complexity index is 326. The molecule has 1 aromatic carbocycles. The minimum Gasteiger partial charge on any atom is -0.390 e. The second-order valence-electron chi connectivity index (χ2n) is 4.80. The summed E-state index contributed by atoms with van der Waals surface area (Å²) in [6, 6.07) is 10.2. The third-order valence-electron chi connectivity index (χ3n) is 3.29. The van der Waals surface area contributed by atoms with Gasteiger partial charge >= 0.3 is 0 Å². The Morgan fingerprint density at radius 1 is 1.28 bits per heavy atom. The van der Waals surface area contributed by atoms with Crippen molar-refractivity contribution < 1.29 is 14.6 Å². The molecule has 1 aliphatic rings. The van der Waals surface area contributed by atoms with E-state index >= 15 is 0 Å². The SMILES string of the molecule is O[C@@H]1CCCO[C@H]1CCCOCc1ccccc1. The van der Waals surface area contributed by atoms with Crippen molar-refractivity contribution in [2.75, 3.05) is 13.2 Å². The van der Waals surface area contributed by atoms with Gasteiger partial charge in [0.05, 0.1) is 18.8 Å². The molecule has 1 aliphatic heterocycles. The molecule has 0 unspecified atom stereocenters. The van der Waals surface area contributed by atoms with Crippen molar-refractivity contribution in [1.29, 1.82) is 0 Å². The molecule has 3 heteroatoms. The fraction of sp³-hybridized carbons (Fsp3) is 0.600. The summed E-state index contributed by atoms with van der Waals surface area (Å²) in [5, 5.41) is 9.74. The molecule has 2 rings (SSSR count). The summed E-state index contributed by atoms with van der Waals surface area (Å²) in [6.07, 6.45) is 3.40. The first-order valence-electron chi connectivity index (χ1n) is 6.77. The normalized spacial score (nSPS) is 24.1. The number of hydrogen-bond donors (Lipinski definition) is 1. The molecule has 1 saturated heterocycles. The van der Waals surface area contributed by atoms with Crippen molar-refractivity contribution in [1.82, 2.24) is 0 Å². The van der Waals surface area contributed by atoms with Crippen molar-refractivity contribution in [3.63, 3.8) is 0 Å². The molecular formula is C15H22O3. The first-order valence-corrected chi connectivity index (χ1v) is 6.77. The van der Waals surface area contributed by atoms with Gasteiger partial charge in [0.1, 0.15) is 0 Å². The smallest absolute Gasteiger partial charge is 0.0834 e. The van der Waals surface area contributed by atoms with E-state index in [1.54, 1.807) is 0 Å². The first kappa shape index (κ1) is 13.5. The summed E-state index contributed by atoms with van der Waals surface area (Å²) in [5.74, 6) is 0. The minimum absolute atomic E-state index is 0.0130. The summed E-state index contributed by atoms with van der Waals surface area (Å²) in [7, 11) is 0. The highest BCUT2D eigenvalue weighted by Gasteiger charge is 2.22. The zero-order valence-electron chi connectivity index (χ0n) is 10.8. The van der Waals surface area contributed by atoms with E-state index < -0.39 is 0 Å². The third-order valence-corrected chi connectivity index (χ3v) is 3.29. The van der Waals surface area contributed by atoms with Gasteiger partial charge in [0.25, 0.3) is 0 Å². The number of hydrogen-bond acceptors (Lipinski definition) is 3. The van der Waals surface area contributed by atoms with Gasteiger partial charge in [-0.05, 0) is 31.2 Å². The maximum Gasteiger partial charge on any atom is 0.0834 e. The Hall–Kier alpha value is -0.900. The van der Waals surface area contributed by atoms with Crippen LogP contribution in [0.5, 0.6) is 0 Å². The van der Waals surface area contributed by atoms with Crippen LogP contribution in [0.3, 0.4) is 0 Å². The minimum atomic E-state index is -0.284. The number of benzene rings is 1. The van der Waals surface area contributed by atoms with Gasteiger partial charge in [0.15, 0.2) is 0 Å². The summed E-state index contributed by atoms with van der Waals surface area (Å²) >= 11 is 0. The quantitative estimate of drug-likeness (QED) is 0.788. The molecule has 1 aromatic rings. The van der Waals surface area contributed by atoms with Crippen molar-refractivity contribution in [3.8, 4) is 0 Å². The highest BCUT2D eigenvalue weighted by Crippen LogP contribution is 2.17. The van der Waals surface area contributed by atoms with E-state index in [9.17, 15) is 5.11 Å². The fourth-order valence-electron chi connectivity index (χ4n) is 2.25. The lowest BCUT2D eigenvalue weighted by atomic mass is 10.0. The van der Waals surface area contributed by atoms with E-state index in [2.05, 4.69) is 12.1 Å². The highest BCUT2D eigenvalue weighted by molar-refractivity contribution is 5.13. The van der Waals surface area contributed by atoms with Crippen molar-refractivity contribution in [3.05, 3.63) is 35.9 Å². The van der Waals surface area contributed by atoms with Crippen LogP contribution < -0.4 is 0 Å². The van der Waals surface area contributed by atoms with Gasteiger partial charge in [0, 0.05) is 13.2 Å². The van der Waals surface area contributed by atoms with Crippen molar-refractivity contribution in [2.24, 2.45) is 0 Å². The standard InChI is InChI=1S/C15H22O3/c16-14-8-4-11-18-15(14)9-5-10-17-12-13-6-2-1-3-7-13/h1-3,6-7,14-16H,4-5,8-12H2/t14-,15+/m1/s1. The Kier molecular flexibility index (Phi) is 5.65. The van der Waals surface area contributed by atoms with Crippen molar-refractivity contribution in [2.45, 2.75) is 44.5 Å². The summed E-state index contributed by atoms with van der Waals surface area (Å²) in [4.78, 5) is 0. The molecule has 100 valence electrons. The predicted molar refractivity (Wildman–Crippen MR) is 70.3 cm³/mol. The van der Waals surface area contributed by atoms with Gasteiger partial charge in [0.2, 0.25) is 0 Å². The molecule has 18 heavy (non-hydrogen) atoms. The molecule has 2 atom stereocenters. The molecule has 0 amide bonds. The second-order valence-corrected chi connectivity index (χ2v) is 4.80. The molecule has 0 spiro atoms. The van der Waals surface area contributed by atoms with Gasteiger partial charge in [-0.25, -0.2) is 0 Å². The van der Waals surface area contributed by atoms with Crippen molar-refractivity contribution >= 4 is 0 Å². The van der Waals surface area contributed by atoms with Gasteiger partial charge in [-0.3, -0.25) is 0 Å². The zero-order valence-corrected chi connectivity index (χ0v) is 10.8. The molecule has 0 bridgehead atoms. The lowest BCUT2D eigenvalue weighted by Gasteiger charge is -2.27. The lowest BCUT2D eigenvalue weighted by Crippen LogP contribution is -2.34. The fourth-order valence-corrected chi connectivity index (χ4v) is 2.25. The van der Waals surface area contributed by atoms with E-state index in [0.717, 1.165) is 38.9 Å². The van der Waals surface area contributed by atoms with E-state index in [-0.39, 0.29) is 12.2 Å². The van der Waals surface area contributed by atoms with Gasteiger partial charge in [-0.15, -0.1) is 0 Å². The second kappa shape index (κ2) is 7.52. The lowest BCUT2D eigenvalue weighted by molar-refractivity contribution is -0.0796. The van der Waals surface area contributed by atoms with Crippen LogP contribution in [0.15, 0.2) is 30.3 Å². The summed E-state index contributed by atoms with van der Waals surface area (Å²) in [5.41, 5.74) is 1.20. The van der Waals surface area contributed by atoms with Gasteiger partial charge in [-0.2, -0.15) is 0 Å². The molecule has 1 heterocycles. The average molecular weight is 250 g/mol. The molecule has 1 N–H and O–H groups in total. The van der Waals surface area contributed by atoms with Crippen LogP contribution in [0.25, 0.3) is 0 Å². The molecule has 0 radical (unpaired) electrons. The van der Waals surface area contributed by atoms with E-state index in [1.807, 2.05) is 18.2 Å². The van der Waals surface area contributed by atoms with E-state index in [0.29, 0.717) is 6.61 Å². The predicted octanol–water partition coefficient (Wildman–Crippen LogP) is 2.52. The molecular weight excluding hydrogens is 228 g/mol. The Balaban J connectivity index is 1.56. The summed E-state index contributed by atoms with van der Waals surface area (Å²) < 4.78 is 11.2. The molecule has 0 saturated carbocycles. The van der Waals surface area contributed by atoms with Gasteiger partial charge in [-0.1, -0.05) is 30.3 Å². The van der Waals surface area contributed by atoms with E-state index in [4.69, 9.17) is 9.47 Å². The van der Waals surface area contributed by atoms with Crippen LogP contribution in [0.1, 0.15) is 31.2 Å².